The Morgan fingerprint density at radius 3 is 1.63 bits per heavy atom. The zero-order chi connectivity index (χ0) is 44.9. The molecule has 4 heterocycles. The second-order valence-corrected chi connectivity index (χ2v) is 15.6. The molecule has 0 radical (unpaired) electrons. The summed E-state index contributed by atoms with van der Waals surface area (Å²) in [5.41, 5.74) is 9.11. The van der Waals surface area contributed by atoms with E-state index in [4.69, 9.17) is 23.8 Å². The monoisotopic (exact) mass is 810 g/mol. The van der Waals surface area contributed by atoms with E-state index in [-0.39, 0.29) is 46.9 Å². The lowest BCUT2D eigenvalue weighted by Gasteiger charge is -2.13. The Morgan fingerprint density at radius 2 is 0.905 bits per heavy atom. The highest BCUT2D eigenvalue weighted by Crippen LogP contribution is 2.43. The summed E-state index contributed by atoms with van der Waals surface area (Å²) >= 11 is 0. The first-order valence-electron chi connectivity index (χ1n) is 22.8. The highest BCUT2D eigenvalue weighted by Gasteiger charge is 2.23. The molecule has 0 amide bonds. The van der Waals surface area contributed by atoms with E-state index in [1.54, 1.807) is 6.07 Å². The van der Waals surface area contributed by atoms with E-state index in [9.17, 15) is 5.48 Å². The normalized spacial score (nSPS) is 12.7. The fraction of sp³-hybridized carbons (Fsp3) is 0. The van der Waals surface area contributed by atoms with Crippen molar-refractivity contribution in [2.24, 2.45) is 0 Å². The van der Waals surface area contributed by atoms with Crippen molar-refractivity contribution in [1.82, 2.24) is 19.5 Å². The van der Waals surface area contributed by atoms with Crippen molar-refractivity contribution in [3.63, 3.8) is 0 Å². The summed E-state index contributed by atoms with van der Waals surface area (Å²) in [6.45, 7) is 0. The summed E-state index contributed by atoms with van der Waals surface area (Å²) in [6, 6.07) is 58.9. The highest BCUT2D eigenvalue weighted by molar-refractivity contribution is 6.15. The van der Waals surface area contributed by atoms with Crippen LogP contribution in [0, 0.1) is 0 Å². The standard InChI is InChI=1S/C57H34N4O2/c1-3-16-35(17-4-1)40-25-14-28-46-47-33-39(61-49-29-10-7-22-42(49)43-23-8-11-30-50(43)61)34-48(54(47)63-53(40)46)57-59-55(36-18-5-2-6-19-36)58-56(60-57)38-21-13-20-37(32-38)41-26-15-27-45-44-24-9-12-31-51(44)62-52(41)45/h1-34H/i13D,20D,21D,32D. The van der Waals surface area contributed by atoms with Crippen molar-refractivity contribution in [2.45, 2.75) is 0 Å². The quantitative estimate of drug-likeness (QED) is 0.167. The van der Waals surface area contributed by atoms with Gasteiger partial charge in [-0.25, -0.2) is 15.0 Å². The molecule has 0 saturated carbocycles. The van der Waals surface area contributed by atoms with Crippen molar-refractivity contribution in [1.29, 1.82) is 0 Å². The number of rotatable bonds is 6. The Labute approximate surface area is 366 Å². The number of nitrogens with zero attached hydrogens (tertiary/aromatic N) is 4. The van der Waals surface area contributed by atoms with Crippen molar-refractivity contribution >= 4 is 65.7 Å². The number of para-hydroxylation sites is 5. The van der Waals surface area contributed by atoms with E-state index in [0.717, 1.165) is 60.2 Å². The van der Waals surface area contributed by atoms with Gasteiger partial charge in [0.15, 0.2) is 17.5 Å². The van der Waals surface area contributed by atoms with Crippen LogP contribution < -0.4 is 0 Å². The smallest absolute Gasteiger partial charge is 0.167 e. The molecule has 0 N–H and O–H groups in total. The molecule has 13 rings (SSSR count). The maximum Gasteiger partial charge on any atom is 0.167 e. The van der Waals surface area contributed by atoms with E-state index in [0.29, 0.717) is 44.8 Å². The van der Waals surface area contributed by atoms with Crippen LogP contribution in [0.5, 0.6) is 0 Å². The molecule has 0 aliphatic carbocycles. The molecule has 0 atom stereocenters. The maximum atomic E-state index is 9.86. The summed E-state index contributed by atoms with van der Waals surface area (Å²) in [4.78, 5) is 15.3. The Hall–Kier alpha value is -8.61. The van der Waals surface area contributed by atoms with Crippen LogP contribution >= 0.6 is 0 Å². The third-order valence-electron chi connectivity index (χ3n) is 11.9. The minimum absolute atomic E-state index is 0.00397. The van der Waals surface area contributed by atoms with E-state index in [1.807, 2.05) is 109 Å². The number of hydrogen-bond acceptors (Lipinski definition) is 5. The molecule has 6 heteroatoms. The highest BCUT2D eigenvalue weighted by atomic mass is 16.3. The SMILES string of the molecule is [2H]c1c([2H])c(-c2nc(-c3ccccc3)nc(-c3cc(-n4c5ccccc5c5ccccc54)cc4c3oc3c(-c5ccccc5)cccc34)n2)c([2H])c(-c2cccc3c2oc2ccccc23)c1[2H]. The molecule has 0 bridgehead atoms. The van der Waals surface area contributed by atoms with Crippen molar-refractivity contribution in [3.8, 4) is 62.1 Å². The van der Waals surface area contributed by atoms with Crippen LogP contribution in [-0.4, -0.2) is 19.5 Å². The largest absolute Gasteiger partial charge is 0.455 e. The van der Waals surface area contributed by atoms with Gasteiger partial charge in [-0.05, 0) is 47.5 Å². The Bertz CT molecular complexity index is 4110. The maximum absolute atomic E-state index is 9.86. The van der Waals surface area contributed by atoms with Crippen LogP contribution in [0.3, 0.4) is 0 Å². The van der Waals surface area contributed by atoms with Gasteiger partial charge in [-0.1, -0.05) is 170 Å². The first-order valence-corrected chi connectivity index (χ1v) is 20.8. The first kappa shape index (κ1) is 31.3. The van der Waals surface area contributed by atoms with Gasteiger partial charge >= 0.3 is 0 Å². The van der Waals surface area contributed by atoms with Gasteiger partial charge in [-0.3, -0.25) is 0 Å². The van der Waals surface area contributed by atoms with Gasteiger partial charge in [-0.2, -0.15) is 0 Å². The van der Waals surface area contributed by atoms with Crippen LogP contribution in [0.25, 0.3) is 128 Å². The number of benzene rings is 9. The number of fused-ring (bicyclic) bond motifs is 9. The summed E-state index contributed by atoms with van der Waals surface area (Å²) < 4.78 is 53.4. The lowest BCUT2D eigenvalue weighted by Crippen LogP contribution is -2.01. The van der Waals surface area contributed by atoms with Gasteiger partial charge in [0, 0.05) is 60.3 Å². The molecule has 0 unspecified atom stereocenters. The summed E-state index contributed by atoms with van der Waals surface area (Å²) in [5, 5.41) is 5.70. The van der Waals surface area contributed by atoms with Crippen LogP contribution in [0.4, 0.5) is 0 Å². The molecule has 0 fully saturated rings. The number of aromatic nitrogens is 4. The molecule has 0 saturated heterocycles. The first-order chi connectivity index (χ1) is 32.9. The van der Waals surface area contributed by atoms with Crippen molar-refractivity contribution in [3.05, 3.63) is 206 Å². The van der Waals surface area contributed by atoms with Crippen LogP contribution in [0.1, 0.15) is 5.48 Å². The summed E-state index contributed by atoms with van der Waals surface area (Å²) in [7, 11) is 0. The van der Waals surface area contributed by atoms with Gasteiger partial charge in [0.1, 0.15) is 22.3 Å². The predicted molar refractivity (Wildman–Crippen MR) is 256 cm³/mol. The average molecular weight is 811 g/mol. The predicted octanol–water partition coefficient (Wildman–Crippen LogP) is 15.1. The van der Waals surface area contributed by atoms with Gasteiger partial charge in [0.2, 0.25) is 0 Å². The molecule has 63 heavy (non-hydrogen) atoms. The second-order valence-electron chi connectivity index (χ2n) is 15.6. The molecular formula is C57H34N4O2. The van der Waals surface area contributed by atoms with E-state index >= 15 is 0 Å². The topological polar surface area (TPSA) is 69.9 Å². The van der Waals surface area contributed by atoms with Crippen LogP contribution in [-0.2, 0) is 0 Å². The lowest BCUT2D eigenvalue weighted by atomic mass is 10.00. The Balaban J connectivity index is 1.12. The minimum atomic E-state index is -0.362. The molecule has 6 nitrogen and oxygen atoms in total. The molecular weight excluding hydrogens is 773 g/mol. The zero-order valence-electron chi connectivity index (χ0n) is 37.4. The fourth-order valence-corrected chi connectivity index (χ4v) is 9.08. The number of hydrogen-bond donors (Lipinski definition) is 0. The molecule has 0 aliphatic rings. The molecule has 9 aromatic carbocycles. The van der Waals surface area contributed by atoms with E-state index in [1.165, 1.54) is 0 Å². The summed E-state index contributed by atoms with van der Waals surface area (Å²) in [5.74, 6) is 0.568. The Kier molecular flexibility index (Phi) is 6.94. The molecule has 13 aromatic rings. The van der Waals surface area contributed by atoms with Gasteiger partial charge in [-0.15, -0.1) is 0 Å². The molecule has 294 valence electrons. The van der Waals surface area contributed by atoms with Crippen molar-refractivity contribution in [2.75, 3.05) is 0 Å². The molecule has 0 aliphatic heterocycles. The van der Waals surface area contributed by atoms with Crippen LogP contribution in [0.15, 0.2) is 215 Å². The fourth-order valence-electron chi connectivity index (χ4n) is 9.08. The van der Waals surface area contributed by atoms with Gasteiger partial charge in [0.25, 0.3) is 0 Å². The third kappa shape index (κ3) is 5.62. The molecule has 4 aromatic heterocycles. The lowest BCUT2D eigenvalue weighted by molar-refractivity contribution is 0.670. The van der Waals surface area contributed by atoms with Gasteiger partial charge < -0.3 is 13.4 Å². The third-order valence-corrected chi connectivity index (χ3v) is 11.9. The zero-order valence-corrected chi connectivity index (χ0v) is 33.4. The average Bonchev–Trinajstić information content (AvgIpc) is 4.06. The molecule has 0 spiro atoms. The minimum Gasteiger partial charge on any atom is -0.455 e. The Morgan fingerprint density at radius 1 is 0.381 bits per heavy atom. The van der Waals surface area contributed by atoms with Crippen LogP contribution in [0.2, 0.25) is 0 Å². The van der Waals surface area contributed by atoms with Gasteiger partial charge in [0.05, 0.1) is 22.1 Å². The van der Waals surface area contributed by atoms with Crippen molar-refractivity contribution < 1.29 is 14.3 Å². The second kappa shape index (κ2) is 14.0. The van der Waals surface area contributed by atoms with E-state index < -0.39 is 0 Å². The number of furan rings is 2. The van der Waals surface area contributed by atoms with E-state index in [2.05, 4.69) is 71.3 Å². The summed E-state index contributed by atoms with van der Waals surface area (Å²) in [6.07, 6.45) is 0.